The van der Waals surface area contributed by atoms with Crippen LogP contribution in [0.25, 0.3) is 0 Å². The lowest BCUT2D eigenvalue weighted by Crippen LogP contribution is -2.09. The molecule has 1 heterocycles. The van der Waals surface area contributed by atoms with Crippen LogP contribution in [-0.4, -0.2) is 9.91 Å². The maximum Gasteiger partial charge on any atom is 0.275 e. The SMILES string of the molecule is CCc1cnc(C(C)Nc2c(F)cc([N+](=O)[O-])cc2F)s1. The van der Waals surface area contributed by atoms with E-state index >= 15 is 0 Å². The van der Waals surface area contributed by atoms with Crippen LogP contribution < -0.4 is 5.32 Å². The average molecular weight is 313 g/mol. The van der Waals surface area contributed by atoms with Crippen LogP contribution in [0.3, 0.4) is 0 Å². The van der Waals surface area contributed by atoms with Crippen molar-refractivity contribution >= 4 is 22.7 Å². The maximum atomic E-state index is 13.8. The predicted octanol–water partition coefficient (Wildman–Crippen LogP) is 4.07. The summed E-state index contributed by atoms with van der Waals surface area (Å²) in [7, 11) is 0. The van der Waals surface area contributed by atoms with Crippen LogP contribution in [0.15, 0.2) is 18.3 Å². The van der Waals surface area contributed by atoms with Crippen molar-refractivity contribution in [1.29, 1.82) is 0 Å². The Hall–Kier alpha value is -2.09. The first-order chi connectivity index (χ1) is 9.92. The summed E-state index contributed by atoms with van der Waals surface area (Å²) in [5, 5.41) is 13.9. The molecule has 0 bridgehead atoms. The van der Waals surface area contributed by atoms with Crippen molar-refractivity contribution in [3.63, 3.8) is 0 Å². The van der Waals surface area contributed by atoms with Gasteiger partial charge in [-0.2, -0.15) is 0 Å². The fourth-order valence-electron chi connectivity index (χ4n) is 1.77. The molecular weight excluding hydrogens is 300 g/mol. The van der Waals surface area contributed by atoms with Gasteiger partial charge in [-0.15, -0.1) is 11.3 Å². The summed E-state index contributed by atoms with van der Waals surface area (Å²) in [5.74, 6) is -2.00. The van der Waals surface area contributed by atoms with E-state index in [0.717, 1.165) is 11.3 Å². The molecule has 5 nitrogen and oxygen atoms in total. The third kappa shape index (κ3) is 3.33. The van der Waals surface area contributed by atoms with E-state index < -0.39 is 28.3 Å². The Balaban J connectivity index is 2.24. The Bertz CT molecular complexity index is 652. The maximum absolute atomic E-state index is 13.8. The van der Waals surface area contributed by atoms with E-state index in [-0.39, 0.29) is 5.69 Å². The zero-order valence-corrected chi connectivity index (χ0v) is 12.2. The van der Waals surface area contributed by atoms with E-state index in [9.17, 15) is 18.9 Å². The van der Waals surface area contributed by atoms with E-state index in [1.807, 2.05) is 6.92 Å². The first-order valence-corrected chi connectivity index (χ1v) is 7.08. The number of anilines is 1. The summed E-state index contributed by atoms with van der Waals surface area (Å²) in [6.07, 6.45) is 2.56. The number of thiazole rings is 1. The topological polar surface area (TPSA) is 68.1 Å². The summed E-state index contributed by atoms with van der Waals surface area (Å²) in [6.45, 7) is 3.71. The molecule has 8 heteroatoms. The number of halogens is 2. The second-order valence-electron chi connectivity index (χ2n) is 4.43. The van der Waals surface area contributed by atoms with Gasteiger partial charge in [-0.05, 0) is 13.3 Å². The highest BCUT2D eigenvalue weighted by atomic mass is 32.1. The average Bonchev–Trinajstić information content (AvgIpc) is 2.91. The number of aryl methyl sites for hydroxylation is 1. The first-order valence-electron chi connectivity index (χ1n) is 6.27. The molecular formula is C13H13F2N3O2S. The van der Waals surface area contributed by atoms with Gasteiger partial charge in [-0.3, -0.25) is 10.1 Å². The molecule has 1 unspecified atom stereocenters. The van der Waals surface area contributed by atoms with Crippen molar-refractivity contribution in [1.82, 2.24) is 4.98 Å². The number of aromatic nitrogens is 1. The highest BCUT2D eigenvalue weighted by Crippen LogP contribution is 2.29. The number of rotatable bonds is 5. The smallest absolute Gasteiger partial charge is 0.275 e. The van der Waals surface area contributed by atoms with Crippen LogP contribution in [-0.2, 0) is 6.42 Å². The monoisotopic (exact) mass is 313 g/mol. The molecule has 0 fully saturated rings. The molecule has 2 aromatic rings. The zero-order valence-electron chi connectivity index (χ0n) is 11.4. The van der Waals surface area contributed by atoms with E-state index in [0.29, 0.717) is 17.1 Å². The van der Waals surface area contributed by atoms with Crippen LogP contribution in [0.2, 0.25) is 0 Å². The molecule has 0 aliphatic carbocycles. The lowest BCUT2D eigenvalue weighted by Gasteiger charge is -2.14. The summed E-state index contributed by atoms with van der Waals surface area (Å²) in [5.41, 5.74) is -1.01. The Morgan fingerprint density at radius 2 is 2.05 bits per heavy atom. The first kappa shape index (κ1) is 15.3. The van der Waals surface area contributed by atoms with Gasteiger partial charge in [0.1, 0.15) is 10.7 Å². The van der Waals surface area contributed by atoms with E-state index in [4.69, 9.17) is 0 Å². The van der Waals surface area contributed by atoms with Crippen molar-refractivity contribution < 1.29 is 13.7 Å². The quantitative estimate of drug-likeness (QED) is 0.667. The Morgan fingerprint density at radius 3 is 2.52 bits per heavy atom. The minimum Gasteiger partial charge on any atom is -0.371 e. The molecule has 1 aromatic heterocycles. The Morgan fingerprint density at radius 1 is 1.43 bits per heavy atom. The van der Waals surface area contributed by atoms with E-state index in [1.54, 1.807) is 13.1 Å². The van der Waals surface area contributed by atoms with Crippen molar-refractivity contribution in [3.05, 3.63) is 50.0 Å². The minimum absolute atomic E-state index is 0.388. The molecule has 1 atom stereocenters. The van der Waals surface area contributed by atoms with Gasteiger partial charge in [0, 0.05) is 11.1 Å². The summed E-state index contributed by atoms with van der Waals surface area (Å²) in [4.78, 5) is 15.0. The van der Waals surface area contributed by atoms with Crippen LogP contribution >= 0.6 is 11.3 Å². The molecule has 0 spiro atoms. The Labute approximate surface area is 123 Å². The van der Waals surface area contributed by atoms with Crippen molar-refractivity contribution in [2.45, 2.75) is 26.3 Å². The standard InChI is InChI=1S/C13H13F2N3O2S/c1-3-9-6-16-13(21-9)7(2)17-12-10(14)4-8(18(19)20)5-11(12)15/h4-7,17H,3H2,1-2H3. The molecule has 112 valence electrons. The molecule has 2 rings (SSSR count). The van der Waals surface area contributed by atoms with Crippen molar-refractivity contribution in [3.8, 4) is 0 Å². The molecule has 0 saturated heterocycles. The van der Waals surface area contributed by atoms with Gasteiger partial charge >= 0.3 is 0 Å². The van der Waals surface area contributed by atoms with Gasteiger partial charge in [0.25, 0.3) is 5.69 Å². The van der Waals surface area contributed by atoms with Crippen molar-refractivity contribution in [2.75, 3.05) is 5.32 Å². The van der Waals surface area contributed by atoms with Gasteiger partial charge in [0.15, 0.2) is 11.6 Å². The number of nitrogens with one attached hydrogen (secondary N) is 1. The van der Waals surface area contributed by atoms with Crippen LogP contribution in [0, 0.1) is 21.7 Å². The van der Waals surface area contributed by atoms with Gasteiger partial charge < -0.3 is 5.32 Å². The largest absolute Gasteiger partial charge is 0.371 e. The van der Waals surface area contributed by atoms with Gasteiger partial charge in [0.2, 0.25) is 0 Å². The molecule has 0 aliphatic heterocycles. The highest BCUT2D eigenvalue weighted by molar-refractivity contribution is 7.11. The minimum atomic E-state index is -0.999. The number of hydrogen-bond acceptors (Lipinski definition) is 5. The molecule has 0 aliphatic rings. The second kappa shape index (κ2) is 6.13. The van der Waals surface area contributed by atoms with Gasteiger partial charge in [-0.25, -0.2) is 13.8 Å². The van der Waals surface area contributed by atoms with Gasteiger partial charge in [0.05, 0.1) is 23.1 Å². The third-order valence-corrected chi connectivity index (χ3v) is 4.21. The molecule has 21 heavy (non-hydrogen) atoms. The summed E-state index contributed by atoms with van der Waals surface area (Å²) in [6, 6.07) is 0.982. The number of non-ortho nitro benzene ring substituents is 1. The molecule has 1 N–H and O–H groups in total. The Kier molecular flexibility index (Phi) is 4.46. The number of nitrogens with zero attached hydrogens (tertiary/aromatic N) is 2. The van der Waals surface area contributed by atoms with Gasteiger partial charge in [-0.1, -0.05) is 6.92 Å². The number of nitro benzene ring substituents is 1. The summed E-state index contributed by atoms with van der Waals surface area (Å²) >= 11 is 1.45. The van der Waals surface area contributed by atoms with E-state index in [1.165, 1.54) is 11.3 Å². The number of benzene rings is 1. The number of hydrogen-bond donors (Lipinski definition) is 1. The molecule has 0 radical (unpaired) electrons. The lowest BCUT2D eigenvalue weighted by molar-refractivity contribution is -0.385. The van der Waals surface area contributed by atoms with Crippen LogP contribution in [0.1, 0.15) is 29.8 Å². The number of nitro groups is 1. The lowest BCUT2D eigenvalue weighted by atomic mass is 10.2. The molecule has 0 saturated carbocycles. The van der Waals surface area contributed by atoms with Crippen molar-refractivity contribution in [2.24, 2.45) is 0 Å². The van der Waals surface area contributed by atoms with Crippen LogP contribution in [0.5, 0.6) is 0 Å². The second-order valence-corrected chi connectivity index (χ2v) is 5.57. The molecule has 0 amide bonds. The predicted molar refractivity (Wildman–Crippen MR) is 76.5 cm³/mol. The normalized spacial score (nSPS) is 12.2. The third-order valence-electron chi connectivity index (χ3n) is 2.89. The summed E-state index contributed by atoms with van der Waals surface area (Å²) < 4.78 is 27.6. The zero-order chi connectivity index (χ0) is 15.6. The van der Waals surface area contributed by atoms with Crippen LogP contribution in [0.4, 0.5) is 20.2 Å². The molecule has 1 aromatic carbocycles. The fraction of sp³-hybridized carbons (Fsp3) is 0.308. The van der Waals surface area contributed by atoms with E-state index in [2.05, 4.69) is 10.3 Å². The highest BCUT2D eigenvalue weighted by Gasteiger charge is 2.19. The fourth-order valence-corrected chi connectivity index (χ4v) is 2.63.